The van der Waals surface area contributed by atoms with Crippen LogP contribution in [0.4, 0.5) is 5.69 Å². The average Bonchev–Trinajstić information content (AvgIpc) is 2.98. The van der Waals surface area contributed by atoms with Gasteiger partial charge in [-0.25, -0.2) is 8.42 Å². The van der Waals surface area contributed by atoms with Crippen LogP contribution >= 0.6 is 0 Å². The molecule has 28 heavy (non-hydrogen) atoms. The fourth-order valence-electron chi connectivity index (χ4n) is 3.38. The second-order valence-corrected chi connectivity index (χ2v) is 9.33. The van der Waals surface area contributed by atoms with Crippen LogP contribution in [-0.2, 0) is 27.6 Å². The molecule has 0 unspecified atom stereocenters. The number of benzene rings is 2. The van der Waals surface area contributed by atoms with E-state index in [1.165, 1.54) is 4.90 Å². The third kappa shape index (κ3) is 4.59. The number of hydrogen-bond acceptors (Lipinski definition) is 4. The molecule has 0 saturated heterocycles. The van der Waals surface area contributed by atoms with Crippen molar-refractivity contribution in [2.45, 2.75) is 32.4 Å². The lowest BCUT2D eigenvalue weighted by Crippen LogP contribution is -2.45. The highest BCUT2D eigenvalue weighted by molar-refractivity contribution is 7.90. The smallest absolute Gasteiger partial charge is 0.255 e. The Morgan fingerprint density at radius 2 is 1.93 bits per heavy atom. The fraction of sp³-hybridized carbons (Fsp3) is 0.333. The maximum absolute atomic E-state index is 13.0. The molecule has 0 fully saturated rings. The molecule has 1 aliphatic rings. The van der Waals surface area contributed by atoms with Crippen molar-refractivity contribution in [1.29, 1.82) is 0 Å². The number of aryl methyl sites for hydroxylation is 1. The second kappa shape index (κ2) is 8.14. The molecule has 1 atom stereocenters. The summed E-state index contributed by atoms with van der Waals surface area (Å²) in [5.41, 5.74) is 3.12. The molecule has 0 saturated carbocycles. The molecule has 2 aromatic carbocycles. The molecule has 0 radical (unpaired) electrons. The number of nitrogens with one attached hydrogen (secondary N) is 1. The van der Waals surface area contributed by atoms with Gasteiger partial charge in [0.05, 0.1) is 5.75 Å². The molecular formula is C21H24N2O4S. The lowest BCUT2D eigenvalue weighted by Gasteiger charge is -2.27. The van der Waals surface area contributed by atoms with Crippen molar-refractivity contribution in [3.8, 4) is 0 Å². The second-order valence-electron chi connectivity index (χ2n) is 7.07. The zero-order valence-electron chi connectivity index (χ0n) is 16.0. The van der Waals surface area contributed by atoms with E-state index in [1.54, 1.807) is 18.2 Å². The number of sulfone groups is 1. The molecule has 1 aliphatic heterocycles. The Labute approximate surface area is 165 Å². The molecule has 2 amide bonds. The quantitative estimate of drug-likeness (QED) is 0.774. The fourth-order valence-corrected chi connectivity index (χ4v) is 4.03. The Morgan fingerprint density at radius 1 is 1.18 bits per heavy atom. The first-order valence-electron chi connectivity index (χ1n) is 9.25. The molecule has 0 aliphatic carbocycles. The standard InChI is InChI=1S/C21H24N2O4S/c1-3-15-7-6-9-17(13-15)22-20(24)19(11-12-28(2,26)27)23-14-16-8-4-5-10-18(16)21(23)25/h4-10,13,19H,3,11-12,14H2,1-2H3,(H,22,24)/t19-/m1/s1. The van der Waals surface area contributed by atoms with Crippen LogP contribution in [0.1, 0.15) is 34.8 Å². The first-order valence-corrected chi connectivity index (χ1v) is 11.3. The first kappa shape index (κ1) is 20.1. The lowest BCUT2D eigenvalue weighted by molar-refractivity contribution is -0.120. The van der Waals surface area contributed by atoms with Crippen molar-refractivity contribution in [1.82, 2.24) is 4.90 Å². The maximum atomic E-state index is 13.0. The van der Waals surface area contributed by atoms with Gasteiger partial charge in [0.1, 0.15) is 15.9 Å². The van der Waals surface area contributed by atoms with Gasteiger partial charge in [-0.15, -0.1) is 0 Å². The molecule has 1 N–H and O–H groups in total. The van der Waals surface area contributed by atoms with Gasteiger partial charge in [-0.3, -0.25) is 9.59 Å². The minimum absolute atomic E-state index is 0.0534. The van der Waals surface area contributed by atoms with Gasteiger partial charge in [-0.2, -0.15) is 0 Å². The van der Waals surface area contributed by atoms with Crippen molar-refractivity contribution >= 4 is 27.3 Å². The van der Waals surface area contributed by atoms with E-state index in [2.05, 4.69) is 5.32 Å². The van der Waals surface area contributed by atoms with Gasteiger partial charge >= 0.3 is 0 Å². The Morgan fingerprint density at radius 3 is 2.61 bits per heavy atom. The van der Waals surface area contributed by atoms with Crippen LogP contribution in [0.3, 0.4) is 0 Å². The number of carbonyl (C=O) groups excluding carboxylic acids is 2. The topological polar surface area (TPSA) is 83.6 Å². The number of rotatable bonds is 7. The van der Waals surface area contributed by atoms with E-state index in [1.807, 2.05) is 37.3 Å². The van der Waals surface area contributed by atoms with Crippen molar-refractivity contribution < 1.29 is 18.0 Å². The number of nitrogens with zero attached hydrogens (tertiary/aromatic N) is 1. The van der Waals surface area contributed by atoms with Crippen LogP contribution in [0, 0.1) is 0 Å². The molecule has 148 valence electrons. The van der Waals surface area contributed by atoms with Gasteiger partial charge in [0.15, 0.2) is 0 Å². The van der Waals surface area contributed by atoms with Gasteiger partial charge < -0.3 is 10.2 Å². The van der Waals surface area contributed by atoms with Crippen molar-refractivity contribution in [2.75, 3.05) is 17.3 Å². The highest BCUT2D eigenvalue weighted by Crippen LogP contribution is 2.26. The summed E-state index contributed by atoms with van der Waals surface area (Å²) in [5.74, 6) is -0.787. The summed E-state index contributed by atoms with van der Waals surface area (Å²) in [5, 5.41) is 2.85. The van der Waals surface area contributed by atoms with E-state index in [4.69, 9.17) is 0 Å². The number of carbonyl (C=O) groups is 2. The van der Waals surface area contributed by atoms with Gasteiger partial charge in [0, 0.05) is 24.1 Å². The zero-order valence-corrected chi connectivity index (χ0v) is 16.8. The van der Waals surface area contributed by atoms with Crippen molar-refractivity contribution in [2.24, 2.45) is 0 Å². The van der Waals surface area contributed by atoms with E-state index in [-0.39, 0.29) is 24.0 Å². The maximum Gasteiger partial charge on any atom is 0.255 e. The highest BCUT2D eigenvalue weighted by Gasteiger charge is 2.36. The summed E-state index contributed by atoms with van der Waals surface area (Å²) < 4.78 is 23.4. The Kier molecular flexibility index (Phi) is 5.84. The molecule has 2 aromatic rings. The van der Waals surface area contributed by atoms with Crippen LogP contribution in [0.2, 0.25) is 0 Å². The zero-order chi connectivity index (χ0) is 20.3. The predicted octanol–water partition coefficient (Wildman–Crippen LogP) is 2.65. The largest absolute Gasteiger partial charge is 0.324 e. The first-order chi connectivity index (χ1) is 13.3. The van der Waals surface area contributed by atoms with E-state index >= 15 is 0 Å². The van der Waals surface area contributed by atoms with Crippen LogP contribution in [-0.4, -0.2) is 43.2 Å². The number of amides is 2. The van der Waals surface area contributed by atoms with Gasteiger partial charge in [-0.1, -0.05) is 37.3 Å². The van der Waals surface area contributed by atoms with Crippen LogP contribution in [0.15, 0.2) is 48.5 Å². The molecular weight excluding hydrogens is 376 g/mol. The minimum atomic E-state index is -3.27. The summed E-state index contributed by atoms with van der Waals surface area (Å²) in [4.78, 5) is 27.3. The van der Waals surface area contributed by atoms with E-state index in [0.29, 0.717) is 17.8 Å². The Bertz CT molecular complexity index is 1000. The minimum Gasteiger partial charge on any atom is -0.324 e. The Balaban J connectivity index is 1.84. The lowest BCUT2D eigenvalue weighted by atomic mass is 10.1. The summed E-state index contributed by atoms with van der Waals surface area (Å²) >= 11 is 0. The third-order valence-corrected chi connectivity index (χ3v) is 5.87. The number of anilines is 1. The third-order valence-electron chi connectivity index (χ3n) is 4.89. The van der Waals surface area contributed by atoms with E-state index < -0.39 is 15.9 Å². The summed E-state index contributed by atoms with van der Waals surface area (Å²) in [6, 6.07) is 13.8. The van der Waals surface area contributed by atoms with Crippen LogP contribution in [0.5, 0.6) is 0 Å². The molecule has 7 heteroatoms. The van der Waals surface area contributed by atoms with Crippen molar-refractivity contribution in [3.05, 3.63) is 65.2 Å². The average molecular weight is 401 g/mol. The normalized spacial score (nSPS) is 14.6. The summed E-state index contributed by atoms with van der Waals surface area (Å²) in [6.45, 7) is 2.32. The molecule has 3 rings (SSSR count). The monoisotopic (exact) mass is 400 g/mol. The molecule has 0 bridgehead atoms. The molecule has 6 nitrogen and oxygen atoms in total. The SMILES string of the molecule is CCc1cccc(NC(=O)[C@@H](CCS(C)(=O)=O)N2Cc3ccccc3C2=O)c1. The van der Waals surface area contributed by atoms with E-state index in [0.717, 1.165) is 23.8 Å². The van der Waals surface area contributed by atoms with Crippen LogP contribution < -0.4 is 5.32 Å². The molecule has 1 heterocycles. The summed E-state index contributed by atoms with van der Waals surface area (Å²) in [6.07, 6.45) is 2.02. The number of fused-ring (bicyclic) bond motifs is 1. The van der Waals surface area contributed by atoms with Gasteiger partial charge in [0.25, 0.3) is 5.91 Å². The highest BCUT2D eigenvalue weighted by atomic mass is 32.2. The van der Waals surface area contributed by atoms with Gasteiger partial charge in [-0.05, 0) is 42.2 Å². The predicted molar refractivity (Wildman–Crippen MR) is 109 cm³/mol. The van der Waals surface area contributed by atoms with E-state index in [9.17, 15) is 18.0 Å². The summed E-state index contributed by atoms with van der Waals surface area (Å²) in [7, 11) is -3.27. The van der Waals surface area contributed by atoms with Crippen molar-refractivity contribution in [3.63, 3.8) is 0 Å². The number of hydrogen-bond donors (Lipinski definition) is 1. The Hall–Kier alpha value is -2.67. The van der Waals surface area contributed by atoms with Crippen LogP contribution in [0.25, 0.3) is 0 Å². The molecule has 0 spiro atoms. The molecule has 0 aromatic heterocycles. The van der Waals surface area contributed by atoms with Gasteiger partial charge in [0.2, 0.25) is 5.91 Å².